The second-order valence-electron chi connectivity index (χ2n) is 4.53. The smallest absolute Gasteiger partial charge is 0.0417 e. The van der Waals surface area contributed by atoms with E-state index in [2.05, 4.69) is 27.7 Å². The van der Waals surface area contributed by atoms with Gasteiger partial charge in [0.15, 0.2) is 0 Å². The van der Waals surface area contributed by atoms with Crippen LogP contribution in [0.25, 0.3) is 0 Å². The van der Waals surface area contributed by atoms with Crippen LogP contribution in [0.3, 0.4) is 0 Å². The Morgan fingerprint density at radius 2 is 1.38 bits per heavy atom. The fourth-order valence-corrected chi connectivity index (χ4v) is 2.12. The Bertz CT molecular complexity index is 96.2. The second kappa shape index (κ2) is 8.59. The van der Waals surface area contributed by atoms with Gasteiger partial charge >= 0.3 is 0 Å². The SMILES string of the molecule is CCCC(C)CCC(CC)CCC. The molecule has 0 aliphatic heterocycles. The summed E-state index contributed by atoms with van der Waals surface area (Å²) in [5.41, 5.74) is 0. The molecule has 0 saturated heterocycles. The molecule has 0 rings (SSSR count). The summed E-state index contributed by atoms with van der Waals surface area (Å²) in [7, 11) is 0. The minimum Gasteiger partial charge on any atom is -0.0654 e. The lowest BCUT2D eigenvalue weighted by Crippen LogP contribution is -2.02. The molecule has 0 aliphatic rings. The van der Waals surface area contributed by atoms with Gasteiger partial charge < -0.3 is 0 Å². The molecule has 0 nitrogen and oxygen atoms in total. The van der Waals surface area contributed by atoms with Gasteiger partial charge in [-0.3, -0.25) is 0 Å². The Hall–Kier alpha value is 0. The third kappa shape index (κ3) is 7.10. The maximum Gasteiger partial charge on any atom is -0.0417 e. The van der Waals surface area contributed by atoms with Crippen molar-refractivity contribution in [1.29, 1.82) is 0 Å². The molecule has 2 atom stereocenters. The molecular formula is C13H28. The van der Waals surface area contributed by atoms with Crippen LogP contribution in [-0.2, 0) is 0 Å². The van der Waals surface area contributed by atoms with Crippen LogP contribution in [0.15, 0.2) is 0 Å². The van der Waals surface area contributed by atoms with Gasteiger partial charge in [-0.15, -0.1) is 0 Å². The molecule has 0 saturated carbocycles. The molecule has 80 valence electrons. The van der Waals surface area contributed by atoms with E-state index in [1.54, 1.807) is 0 Å². The topological polar surface area (TPSA) is 0 Å². The van der Waals surface area contributed by atoms with E-state index in [9.17, 15) is 0 Å². The molecule has 0 aliphatic carbocycles. The lowest BCUT2D eigenvalue weighted by Gasteiger charge is -2.16. The molecule has 0 N–H and O–H groups in total. The second-order valence-corrected chi connectivity index (χ2v) is 4.53. The molecule has 0 amide bonds. The van der Waals surface area contributed by atoms with Crippen molar-refractivity contribution in [2.24, 2.45) is 11.8 Å². The first-order valence-corrected chi connectivity index (χ1v) is 6.24. The van der Waals surface area contributed by atoms with E-state index in [1.807, 2.05) is 0 Å². The van der Waals surface area contributed by atoms with Crippen molar-refractivity contribution in [1.82, 2.24) is 0 Å². The molecule has 0 spiro atoms. The molecule has 0 heterocycles. The normalized spacial score (nSPS) is 15.7. The molecule has 13 heavy (non-hydrogen) atoms. The lowest BCUT2D eigenvalue weighted by atomic mass is 9.90. The molecule has 0 radical (unpaired) electrons. The number of hydrogen-bond donors (Lipinski definition) is 0. The Labute approximate surface area is 85.1 Å². The zero-order chi connectivity index (χ0) is 10.1. The first-order chi connectivity index (χ1) is 6.24. The largest absolute Gasteiger partial charge is 0.0654 e. The van der Waals surface area contributed by atoms with E-state index in [1.165, 1.54) is 44.9 Å². The van der Waals surface area contributed by atoms with Crippen molar-refractivity contribution >= 4 is 0 Å². The Morgan fingerprint density at radius 3 is 1.85 bits per heavy atom. The molecule has 2 unspecified atom stereocenters. The molecule has 0 fully saturated rings. The molecule has 0 aromatic rings. The third-order valence-corrected chi connectivity index (χ3v) is 3.12. The number of hydrogen-bond acceptors (Lipinski definition) is 0. The predicted molar refractivity (Wildman–Crippen MR) is 62.0 cm³/mol. The van der Waals surface area contributed by atoms with Crippen molar-refractivity contribution in [2.45, 2.75) is 72.6 Å². The van der Waals surface area contributed by atoms with Gasteiger partial charge in [0.05, 0.1) is 0 Å². The minimum absolute atomic E-state index is 0.955. The highest BCUT2D eigenvalue weighted by atomic mass is 14.1. The van der Waals surface area contributed by atoms with Crippen LogP contribution in [-0.4, -0.2) is 0 Å². The lowest BCUT2D eigenvalue weighted by molar-refractivity contribution is 0.366. The first-order valence-electron chi connectivity index (χ1n) is 6.24. The van der Waals surface area contributed by atoms with Gasteiger partial charge in [-0.2, -0.15) is 0 Å². The van der Waals surface area contributed by atoms with Crippen LogP contribution in [0.4, 0.5) is 0 Å². The zero-order valence-electron chi connectivity index (χ0n) is 10.1. The van der Waals surface area contributed by atoms with Gasteiger partial charge in [0.2, 0.25) is 0 Å². The third-order valence-electron chi connectivity index (χ3n) is 3.12. The molecule has 0 heteroatoms. The summed E-state index contributed by atoms with van der Waals surface area (Å²) >= 11 is 0. The van der Waals surface area contributed by atoms with Gasteiger partial charge in [0.25, 0.3) is 0 Å². The van der Waals surface area contributed by atoms with Gasteiger partial charge in [-0.05, 0) is 11.8 Å². The maximum atomic E-state index is 2.40. The summed E-state index contributed by atoms with van der Waals surface area (Å²) < 4.78 is 0. The van der Waals surface area contributed by atoms with Crippen LogP contribution in [0.1, 0.15) is 72.6 Å². The fraction of sp³-hybridized carbons (Fsp3) is 1.00. The van der Waals surface area contributed by atoms with Gasteiger partial charge in [0.1, 0.15) is 0 Å². The van der Waals surface area contributed by atoms with Crippen molar-refractivity contribution in [2.75, 3.05) is 0 Å². The highest BCUT2D eigenvalue weighted by Crippen LogP contribution is 2.22. The van der Waals surface area contributed by atoms with Crippen LogP contribution < -0.4 is 0 Å². The molecular weight excluding hydrogens is 156 g/mol. The molecule has 0 aromatic carbocycles. The molecule has 0 bridgehead atoms. The predicted octanol–water partition coefficient (Wildman–Crippen LogP) is 5.03. The van der Waals surface area contributed by atoms with Gasteiger partial charge in [-0.25, -0.2) is 0 Å². The van der Waals surface area contributed by atoms with E-state index >= 15 is 0 Å². The van der Waals surface area contributed by atoms with E-state index < -0.39 is 0 Å². The average molecular weight is 184 g/mol. The van der Waals surface area contributed by atoms with Crippen LogP contribution in [0.2, 0.25) is 0 Å². The Balaban J connectivity index is 3.46. The van der Waals surface area contributed by atoms with Crippen LogP contribution in [0.5, 0.6) is 0 Å². The summed E-state index contributed by atoms with van der Waals surface area (Å²) in [6, 6.07) is 0. The monoisotopic (exact) mass is 184 g/mol. The first kappa shape index (κ1) is 13.0. The average Bonchev–Trinajstić information content (AvgIpc) is 2.12. The highest BCUT2D eigenvalue weighted by Gasteiger charge is 2.07. The van der Waals surface area contributed by atoms with E-state index in [0.717, 1.165) is 11.8 Å². The standard InChI is InChI=1S/C13H28/c1-5-8-12(4)10-11-13(7-3)9-6-2/h12-13H,5-11H2,1-4H3. The van der Waals surface area contributed by atoms with Crippen molar-refractivity contribution in [3.05, 3.63) is 0 Å². The van der Waals surface area contributed by atoms with Crippen molar-refractivity contribution < 1.29 is 0 Å². The Morgan fingerprint density at radius 1 is 0.769 bits per heavy atom. The fourth-order valence-electron chi connectivity index (χ4n) is 2.12. The quantitative estimate of drug-likeness (QED) is 0.496. The number of rotatable bonds is 8. The summed E-state index contributed by atoms with van der Waals surface area (Å²) in [5.74, 6) is 1.96. The highest BCUT2D eigenvalue weighted by molar-refractivity contribution is 4.60. The van der Waals surface area contributed by atoms with Gasteiger partial charge in [0, 0.05) is 0 Å². The van der Waals surface area contributed by atoms with Crippen molar-refractivity contribution in [3.8, 4) is 0 Å². The van der Waals surface area contributed by atoms with Crippen LogP contribution >= 0.6 is 0 Å². The summed E-state index contributed by atoms with van der Waals surface area (Å²) in [4.78, 5) is 0. The van der Waals surface area contributed by atoms with Crippen molar-refractivity contribution in [3.63, 3.8) is 0 Å². The maximum absolute atomic E-state index is 2.40. The van der Waals surface area contributed by atoms with Gasteiger partial charge in [-0.1, -0.05) is 72.6 Å². The summed E-state index contributed by atoms with van der Waals surface area (Å²) in [6.45, 7) is 9.34. The summed E-state index contributed by atoms with van der Waals surface area (Å²) in [5, 5.41) is 0. The van der Waals surface area contributed by atoms with E-state index in [0.29, 0.717) is 0 Å². The molecule has 0 aromatic heterocycles. The van der Waals surface area contributed by atoms with E-state index in [-0.39, 0.29) is 0 Å². The Kier molecular flexibility index (Phi) is 8.59. The van der Waals surface area contributed by atoms with Crippen LogP contribution in [0, 0.1) is 11.8 Å². The zero-order valence-corrected chi connectivity index (χ0v) is 10.1. The van der Waals surface area contributed by atoms with E-state index in [4.69, 9.17) is 0 Å². The summed E-state index contributed by atoms with van der Waals surface area (Å²) in [6.07, 6.45) is 9.87. The minimum atomic E-state index is 0.955.